The molecular weight excluding hydrogens is 326 g/mol. The van der Waals surface area contributed by atoms with Crippen LogP contribution in [-0.4, -0.2) is 43.0 Å². The molecule has 2 aromatic rings. The lowest BCUT2D eigenvalue weighted by atomic mass is 9.85. The molecule has 0 saturated carbocycles. The number of nitrogens with zero attached hydrogens (tertiary/aromatic N) is 2. The van der Waals surface area contributed by atoms with E-state index in [0.717, 1.165) is 13.0 Å². The van der Waals surface area contributed by atoms with Crippen molar-refractivity contribution in [2.24, 2.45) is 5.41 Å². The number of amides is 1. The van der Waals surface area contributed by atoms with Gasteiger partial charge >= 0.3 is 0 Å². The number of carbonyl (C=O) groups excluding carboxylic acids is 1. The van der Waals surface area contributed by atoms with Crippen LogP contribution in [0.4, 0.5) is 0 Å². The number of benzene rings is 1. The van der Waals surface area contributed by atoms with Crippen molar-refractivity contribution in [2.45, 2.75) is 26.3 Å². The Labute approximate surface area is 155 Å². The maximum atomic E-state index is 12.7. The van der Waals surface area contributed by atoms with Gasteiger partial charge in [-0.25, -0.2) is 4.98 Å². The molecule has 0 radical (unpaired) electrons. The predicted octanol–water partition coefficient (Wildman–Crippen LogP) is 3.08. The van der Waals surface area contributed by atoms with Crippen molar-refractivity contribution in [3.8, 4) is 5.88 Å². The van der Waals surface area contributed by atoms with Crippen LogP contribution in [0.5, 0.6) is 5.88 Å². The summed E-state index contributed by atoms with van der Waals surface area (Å²) in [6, 6.07) is 11.8. The summed E-state index contributed by atoms with van der Waals surface area (Å²) < 4.78 is 5.58. The highest BCUT2D eigenvalue weighted by Gasteiger charge is 2.39. The van der Waals surface area contributed by atoms with Gasteiger partial charge in [0.2, 0.25) is 5.88 Å². The summed E-state index contributed by atoms with van der Waals surface area (Å²) in [7, 11) is 3.99. The molecular formula is C21H27N3O2. The summed E-state index contributed by atoms with van der Waals surface area (Å²) in [5, 5.41) is 3.19. The summed E-state index contributed by atoms with van der Waals surface area (Å²) in [5.41, 5.74) is 3.06. The van der Waals surface area contributed by atoms with Crippen molar-refractivity contribution in [3.63, 3.8) is 0 Å². The Bertz CT molecular complexity index is 769. The van der Waals surface area contributed by atoms with E-state index in [4.69, 9.17) is 4.74 Å². The van der Waals surface area contributed by atoms with Crippen LogP contribution >= 0.6 is 0 Å². The van der Waals surface area contributed by atoms with E-state index < -0.39 is 0 Å². The first-order chi connectivity index (χ1) is 12.4. The fraction of sp³-hybridized carbons (Fsp3) is 0.429. The highest BCUT2D eigenvalue weighted by atomic mass is 16.5. The van der Waals surface area contributed by atoms with Gasteiger partial charge in [-0.1, -0.05) is 38.1 Å². The molecule has 1 aromatic carbocycles. The lowest BCUT2D eigenvalue weighted by Gasteiger charge is -2.28. The van der Waals surface area contributed by atoms with Crippen LogP contribution in [0.3, 0.4) is 0 Å². The number of pyridine rings is 1. The Balaban J connectivity index is 1.66. The largest absolute Gasteiger partial charge is 0.476 e. The number of carbonyl (C=O) groups is 1. The van der Waals surface area contributed by atoms with E-state index in [9.17, 15) is 4.79 Å². The number of ether oxygens (including phenoxy) is 1. The maximum absolute atomic E-state index is 12.7. The second-order valence-corrected chi connectivity index (χ2v) is 7.81. The van der Waals surface area contributed by atoms with Gasteiger partial charge in [0.1, 0.15) is 6.61 Å². The van der Waals surface area contributed by atoms with Gasteiger partial charge in [-0.2, -0.15) is 0 Å². The second-order valence-electron chi connectivity index (χ2n) is 7.81. The molecule has 5 heteroatoms. The Morgan fingerprint density at radius 3 is 2.73 bits per heavy atom. The predicted molar refractivity (Wildman–Crippen MR) is 102 cm³/mol. The lowest BCUT2D eigenvalue weighted by Crippen LogP contribution is -2.35. The van der Waals surface area contributed by atoms with Crippen LogP contribution < -0.4 is 10.1 Å². The SMILES string of the molecule is CN(C)CCOc1ccc(C(=O)NC2c3ccccc3CC2(C)C)cn1. The Kier molecular flexibility index (Phi) is 5.28. The molecule has 0 fully saturated rings. The average molecular weight is 353 g/mol. The summed E-state index contributed by atoms with van der Waals surface area (Å²) in [5.74, 6) is 0.432. The van der Waals surface area contributed by atoms with E-state index in [1.807, 2.05) is 25.1 Å². The van der Waals surface area contributed by atoms with Gasteiger partial charge in [0, 0.05) is 18.8 Å². The van der Waals surface area contributed by atoms with Crippen molar-refractivity contribution >= 4 is 5.91 Å². The standard InChI is InChI=1S/C21H27N3O2/c1-21(2)13-15-7-5-6-8-17(15)19(21)23-20(25)16-9-10-18(22-14-16)26-12-11-24(3)4/h5-10,14,19H,11-13H2,1-4H3,(H,23,25). The fourth-order valence-corrected chi connectivity index (χ4v) is 3.41. The van der Waals surface area contributed by atoms with E-state index in [2.05, 4.69) is 42.3 Å². The van der Waals surface area contributed by atoms with Gasteiger partial charge in [0.05, 0.1) is 11.6 Å². The summed E-state index contributed by atoms with van der Waals surface area (Å²) in [4.78, 5) is 19.0. The van der Waals surface area contributed by atoms with Gasteiger partial charge in [0.15, 0.2) is 0 Å². The molecule has 0 spiro atoms. The molecule has 0 aliphatic heterocycles. The summed E-state index contributed by atoms with van der Waals surface area (Å²) in [6.07, 6.45) is 2.54. The lowest BCUT2D eigenvalue weighted by molar-refractivity contribution is 0.0903. The highest BCUT2D eigenvalue weighted by molar-refractivity contribution is 5.94. The number of rotatable bonds is 6. The third-order valence-corrected chi connectivity index (χ3v) is 4.86. The second kappa shape index (κ2) is 7.46. The molecule has 1 heterocycles. The average Bonchev–Trinajstić information content (AvgIpc) is 2.85. The number of likely N-dealkylation sites (N-methyl/N-ethyl adjacent to an activating group) is 1. The molecule has 1 aliphatic carbocycles. The quantitative estimate of drug-likeness (QED) is 0.867. The van der Waals surface area contributed by atoms with Crippen LogP contribution in [0, 0.1) is 5.41 Å². The van der Waals surface area contributed by atoms with Crippen molar-refractivity contribution in [3.05, 3.63) is 59.3 Å². The molecule has 1 aliphatic rings. The van der Waals surface area contributed by atoms with Crippen LogP contribution in [-0.2, 0) is 6.42 Å². The molecule has 1 aromatic heterocycles. The number of hydrogen-bond acceptors (Lipinski definition) is 4. The molecule has 1 atom stereocenters. The number of aromatic nitrogens is 1. The maximum Gasteiger partial charge on any atom is 0.253 e. The minimum Gasteiger partial charge on any atom is -0.476 e. The molecule has 138 valence electrons. The van der Waals surface area contributed by atoms with Gasteiger partial charge in [-0.3, -0.25) is 4.79 Å². The topological polar surface area (TPSA) is 54.5 Å². The van der Waals surface area contributed by atoms with Crippen LogP contribution in [0.15, 0.2) is 42.6 Å². The van der Waals surface area contributed by atoms with E-state index in [-0.39, 0.29) is 17.4 Å². The first-order valence-corrected chi connectivity index (χ1v) is 8.99. The van der Waals surface area contributed by atoms with E-state index >= 15 is 0 Å². The van der Waals surface area contributed by atoms with Crippen LogP contribution in [0.25, 0.3) is 0 Å². The van der Waals surface area contributed by atoms with Gasteiger partial charge in [-0.05, 0) is 43.1 Å². The monoisotopic (exact) mass is 353 g/mol. The Hall–Kier alpha value is -2.40. The van der Waals surface area contributed by atoms with Crippen molar-refractivity contribution < 1.29 is 9.53 Å². The molecule has 0 saturated heterocycles. The normalized spacial score (nSPS) is 17.8. The molecule has 3 rings (SSSR count). The third kappa shape index (κ3) is 4.05. The van der Waals surface area contributed by atoms with Crippen LogP contribution in [0.2, 0.25) is 0 Å². The summed E-state index contributed by atoms with van der Waals surface area (Å²) >= 11 is 0. The van der Waals surface area contributed by atoms with E-state index in [1.54, 1.807) is 18.3 Å². The highest BCUT2D eigenvalue weighted by Crippen LogP contribution is 2.45. The first-order valence-electron chi connectivity index (χ1n) is 8.99. The summed E-state index contributed by atoms with van der Waals surface area (Å²) in [6.45, 7) is 5.77. The first kappa shape index (κ1) is 18.4. The number of fused-ring (bicyclic) bond motifs is 1. The van der Waals surface area contributed by atoms with Crippen molar-refractivity contribution in [1.29, 1.82) is 0 Å². The molecule has 1 N–H and O–H groups in total. The number of nitrogens with one attached hydrogen (secondary N) is 1. The number of hydrogen-bond donors (Lipinski definition) is 1. The zero-order chi connectivity index (χ0) is 18.7. The van der Waals surface area contributed by atoms with Crippen LogP contribution in [0.1, 0.15) is 41.4 Å². The molecule has 0 bridgehead atoms. The Morgan fingerprint density at radius 1 is 1.27 bits per heavy atom. The Morgan fingerprint density at radius 2 is 2.04 bits per heavy atom. The van der Waals surface area contributed by atoms with E-state index in [0.29, 0.717) is 18.1 Å². The van der Waals surface area contributed by atoms with Crippen molar-refractivity contribution in [1.82, 2.24) is 15.2 Å². The molecule has 5 nitrogen and oxygen atoms in total. The fourth-order valence-electron chi connectivity index (χ4n) is 3.41. The molecule has 1 amide bonds. The third-order valence-electron chi connectivity index (χ3n) is 4.86. The molecule has 1 unspecified atom stereocenters. The van der Waals surface area contributed by atoms with Gasteiger partial charge < -0.3 is 15.0 Å². The molecule has 26 heavy (non-hydrogen) atoms. The minimum atomic E-state index is -0.105. The van der Waals surface area contributed by atoms with E-state index in [1.165, 1.54) is 11.1 Å². The zero-order valence-corrected chi connectivity index (χ0v) is 16.0. The van der Waals surface area contributed by atoms with Crippen molar-refractivity contribution in [2.75, 3.05) is 27.2 Å². The zero-order valence-electron chi connectivity index (χ0n) is 16.0. The smallest absolute Gasteiger partial charge is 0.253 e. The minimum absolute atomic E-state index is 0.00205. The van der Waals surface area contributed by atoms with Gasteiger partial charge in [-0.15, -0.1) is 0 Å². The van der Waals surface area contributed by atoms with Gasteiger partial charge in [0.25, 0.3) is 5.91 Å².